The number of rotatable bonds is 8. The summed E-state index contributed by atoms with van der Waals surface area (Å²) >= 11 is 0. The van der Waals surface area contributed by atoms with Crippen LogP contribution in [0, 0.1) is 23.0 Å². The molecule has 234 valence electrons. The van der Waals surface area contributed by atoms with Crippen molar-refractivity contribution in [2.75, 3.05) is 37.6 Å². The van der Waals surface area contributed by atoms with E-state index in [-0.39, 0.29) is 29.3 Å². The van der Waals surface area contributed by atoms with E-state index in [1.165, 1.54) is 18.2 Å². The smallest absolute Gasteiger partial charge is 0.243 e. The zero-order valence-electron chi connectivity index (χ0n) is 25.6. The molecule has 1 aromatic heterocycles. The molecular weight excluding hydrogens is 564 g/mol. The summed E-state index contributed by atoms with van der Waals surface area (Å²) in [4.78, 5) is 31.4. The Morgan fingerprint density at radius 1 is 1.05 bits per heavy atom. The van der Waals surface area contributed by atoms with Crippen LogP contribution in [-0.2, 0) is 9.59 Å². The molecule has 3 atom stereocenters. The number of halogens is 2. The van der Waals surface area contributed by atoms with Crippen molar-refractivity contribution in [3.8, 4) is 11.1 Å². The molecule has 2 amide bonds. The molecule has 1 spiro atoms. The Morgan fingerprint density at radius 2 is 1.73 bits per heavy atom. The highest BCUT2D eigenvalue weighted by molar-refractivity contribution is 5.91. The lowest BCUT2D eigenvalue weighted by atomic mass is 9.72. The first-order valence-electron chi connectivity index (χ1n) is 15.7. The van der Waals surface area contributed by atoms with Gasteiger partial charge < -0.3 is 25.0 Å². The Hall–Kier alpha value is -3.79. The number of nitrogens with one attached hydrogen (secondary N) is 2. The maximum atomic E-state index is 14.2. The van der Waals surface area contributed by atoms with Crippen molar-refractivity contribution in [3.63, 3.8) is 0 Å². The van der Waals surface area contributed by atoms with E-state index in [1.807, 2.05) is 26.8 Å². The van der Waals surface area contributed by atoms with Crippen molar-refractivity contribution >= 4 is 17.6 Å². The molecular formula is C34H41F2N5O3. The van der Waals surface area contributed by atoms with Gasteiger partial charge in [-0.3, -0.25) is 9.59 Å². The second-order valence-electron chi connectivity index (χ2n) is 13.1. The molecule has 3 aliphatic heterocycles. The molecule has 2 N–H and O–H groups in total. The number of aromatic nitrogens is 1. The minimum absolute atomic E-state index is 0.0449. The second kappa shape index (κ2) is 12.3. The summed E-state index contributed by atoms with van der Waals surface area (Å²) in [6.07, 6.45) is 3.64. The fourth-order valence-electron chi connectivity index (χ4n) is 7.10. The Bertz CT molecular complexity index is 1470. The quantitative estimate of drug-likeness (QED) is 0.357. The molecule has 0 bridgehead atoms. The van der Waals surface area contributed by atoms with Gasteiger partial charge in [-0.1, -0.05) is 49.3 Å². The number of amides is 2. The van der Waals surface area contributed by atoms with E-state index < -0.39 is 23.6 Å². The van der Waals surface area contributed by atoms with Crippen LogP contribution in [0.1, 0.15) is 69.7 Å². The number of likely N-dealkylation sites (tertiary alicyclic amines) is 1. The lowest BCUT2D eigenvalue weighted by Gasteiger charge is -2.52. The monoisotopic (exact) mass is 605 g/mol. The van der Waals surface area contributed by atoms with Crippen molar-refractivity contribution in [2.24, 2.45) is 11.3 Å². The lowest BCUT2D eigenvalue weighted by Crippen LogP contribution is -2.60. The fraction of sp³-hybridized carbons (Fsp3) is 0.500. The summed E-state index contributed by atoms with van der Waals surface area (Å²) in [5.74, 6) is -0.870. The molecule has 10 heteroatoms. The van der Waals surface area contributed by atoms with Crippen LogP contribution >= 0.6 is 0 Å². The Labute approximate surface area is 257 Å². The number of benzene rings is 2. The molecule has 8 nitrogen and oxygen atoms in total. The number of nitrogens with zero attached hydrogens (tertiary/aromatic N) is 3. The third-order valence-corrected chi connectivity index (χ3v) is 9.66. The van der Waals surface area contributed by atoms with Gasteiger partial charge in [-0.2, -0.15) is 0 Å². The summed E-state index contributed by atoms with van der Waals surface area (Å²) in [6, 6.07) is 11.5. The Kier molecular flexibility index (Phi) is 8.46. The lowest BCUT2D eigenvalue weighted by molar-refractivity contribution is -0.141. The number of piperidine rings is 1. The fourth-order valence-corrected chi connectivity index (χ4v) is 7.10. The standard InChI is InChI=1S/C34H41F2N5O3/c1-21(2)30(28-18-29(39-44-28)40-19-34(20-40)13-15-37-16-14-34)33(43)41-17-5-8-27(41)32(42)38-22(3)23-9-11-24(12-10-23)31-25(35)6-4-7-26(31)36/h4,6-7,9-12,18,21-22,27,30,37H,5,8,13-17,19-20H2,1-3H3,(H,38,42). The van der Waals surface area contributed by atoms with E-state index in [9.17, 15) is 18.4 Å². The number of hydrogen-bond donors (Lipinski definition) is 2. The number of carbonyl (C=O) groups is 2. The van der Waals surface area contributed by atoms with Crippen molar-refractivity contribution < 1.29 is 22.9 Å². The first-order valence-corrected chi connectivity index (χ1v) is 15.7. The molecule has 44 heavy (non-hydrogen) atoms. The summed E-state index contributed by atoms with van der Waals surface area (Å²) in [5, 5.41) is 10.8. The predicted octanol–water partition coefficient (Wildman–Crippen LogP) is 5.42. The van der Waals surface area contributed by atoms with E-state index >= 15 is 0 Å². The number of hydrogen-bond acceptors (Lipinski definition) is 6. The van der Waals surface area contributed by atoms with Crippen LogP contribution in [0.15, 0.2) is 53.1 Å². The van der Waals surface area contributed by atoms with Crippen molar-refractivity contribution in [1.29, 1.82) is 0 Å². The average Bonchev–Trinajstić information content (AvgIpc) is 3.67. The van der Waals surface area contributed by atoms with Gasteiger partial charge in [0.2, 0.25) is 11.8 Å². The van der Waals surface area contributed by atoms with Gasteiger partial charge in [-0.25, -0.2) is 8.78 Å². The minimum atomic E-state index is -0.627. The molecule has 0 saturated carbocycles. The zero-order chi connectivity index (χ0) is 31.0. The third-order valence-electron chi connectivity index (χ3n) is 9.66. The first-order chi connectivity index (χ1) is 21.2. The Balaban J connectivity index is 1.10. The van der Waals surface area contributed by atoms with Gasteiger partial charge in [0.15, 0.2) is 11.6 Å². The molecule has 4 heterocycles. The maximum absolute atomic E-state index is 14.2. The molecule has 3 aliphatic rings. The summed E-state index contributed by atoms with van der Waals surface area (Å²) in [5.41, 5.74) is 1.49. The first kappa shape index (κ1) is 30.2. The van der Waals surface area contributed by atoms with Gasteiger partial charge in [-0.15, -0.1) is 0 Å². The molecule has 3 saturated heterocycles. The summed E-state index contributed by atoms with van der Waals surface area (Å²) in [6.45, 7) is 10.3. The van der Waals surface area contributed by atoms with Gasteiger partial charge in [0.25, 0.3) is 0 Å². The van der Waals surface area contributed by atoms with E-state index in [4.69, 9.17) is 4.52 Å². The van der Waals surface area contributed by atoms with Crippen LogP contribution < -0.4 is 15.5 Å². The highest BCUT2D eigenvalue weighted by Crippen LogP contribution is 2.42. The van der Waals surface area contributed by atoms with Crippen molar-refractivity contribution in [2.45, 2.75) is 64.5 Å². The van der Waals surface area contributed by atoms with E-state index in [1.54, 1.807) is 29.2 Å². The zero-order valence-corrected chi connectivity index (χ0v) is 25.6. The molecule has 6 rings (SSSR count). The van der Waals surface area contributed by atoms with E-state index in [0.29, 0.717) is 29.7 Å². The van der Waals surface area contributed by atoms with Crippen molar-refractivity contribution in [3.05, 3.63) is 71.5 Å². The van der Waals surface area contributed by atoms with Crippen LogP contribution in [0.2, 0.25) is 0 Å². The largest absolute Gasteiger partial charge is 0.358 e. The molecule has 0 radical (unpaired) electrons. The van der Waals surface area contributed by atoms with Crippen LogP contribution in [0.3, 0.4) is 0 Å². The summed E-state index contributed by atoms with van der Waals surface area (Å²) < 4.78 is 34.3. The summed E-state index contributed by atoms with van der Waals surface area (Å²) in [7, 11) is 0. The van der Waals surface area contributed by atoms with Crippen LogP contribution in [0.4, 0.5) is 14.6 Å². The van der Waals surface area contributed by atoms with E-state index in [0.717, 1.165) is 56.8 Å². The number of carbonyl (C=O) groups excluding carboxylic acids is 2. The highest BCUT2D eigenvalue weighted by Gasteiger charge is 2.45. The van der Waals surface area contributed by atoms with Gasteiger partial charge in [0.05, 0.1) is 11.6 Å². The maximum Gasteiger partial charge on any atom is 0.243 e. The molecule has 0 aliphatic carbocycles. The molecule has 2 aromatic carbocycles. The SMILES string of the molecule is CC(NC(=O)C1CCCN1C(=O)C(c1cc(N2CC3(CCNCC3)C2)no1)C(C)C)c1ccc(-c2c(F)cccc2F)cc1. The van der Waals surface area contributed by atoms with Crippen molar-refractivity contribution in [1.82, 2.24) is 20.7 Å². The van der Waals surface area contributed by atoms with Gasteiger partial charge in [0.1, 0.15) is 23.6 Å². The average molecular weight is 606 g/mol. The predicted molar refractivity (Wildman–Crippen MR) is 164 cm³/mol. The van der Waals surface area contributed by atoms with Gasteiger partial charge >= 0.3 is 0 Å². The Morgan fingerprint density at radius 3 is 2.39 bits per heavy atom. The van der Waals surface area contributed by atoms with E-state index in [2.05, 4.69) is 20.7 Å². The minimum Gasteiger partial charge on any atom is -0.358 e. The van der Waals surface area contributed by atoms with Crippen LogP contribution in [0.5, 0.6) is 0 Å². The molecule has 3 aromatic rings. The highest BCUT2D eigenvalue weighted by atomic mass is 19.1. The molecule has 3 unspecified atom stereocenters. The second-order valence-corrected chi connectivity index (χ2v) is 13.1. The molecule has 3 fully saturated rings. The van der Waals surface area contributed by atoms with Gasteiger partial charge in [0, 0.05) is 31.1 Å². The normalized spacial score (nSPS) is 20.9. The third kappa shape index (κ3) is 5.84. The van der Waals surface area contributed by atoms with Crippen LogP contribution in [-0.4, -0.2) is 60.6 Å². The topological polar surface area (TPSA) is 90.7 Å². The van der Waals surface area contributed by atoms with Gasteiger partial charge in [-0.05, 0) is 74.9 Å². The number of anilines is 1. The van der Waals surface area contributed by atoms with Crippen LogP contribution in [0.25, 0.3) is 11.1 Å².